The van der Waals surface area contributed by atoms with Gasteiger partial charge < -0.3 is 5.11 Å². The minimum Gasteiger partial charge on any atom is -0.384 e. The van der Waals surface area contributed by atoms with Crippen LogP contribution in [-0.4, -0.2) is 10.1 Å². The van der Waals surface area contributed by atoms with Gasteiger partial charge in [-0.1, -0.05) is 19.1 Å². The fourth-order valence-electron chi connectivity index (χ4n) is 2.45. The molecular formula is C17H21NO. The summed E-state index contributed by atoms with van der Waals surface area (Å²) in [6.07, 6.45) is 3.89. The Balaban J connectivity index is 2.50. The summed E-state index contributed by atoms with van der Waals surface area (Å²) in [5.74, 6) is 0. The van der Waals surface area contributed by atoms with Crippen molar-refractivity contribution in [3.63, 3.8) is 0 Å². The maximum atomic E-state index is 10.7. The summed E-state index contributed by atoms with van der Waals surface area (Å²) in [5.41, 5.74) is 6.67. The van der Waals surface area contributed by atoms with Crippen LogP contribution in [0.5, 0.6) is 0 Å². The Kier molecular flexibility index (Phi) is 4.01. The third-order valence-electron chi connectivity index (χ3n) is 3.79. The molecule has 0 radical (unpaired) electrons. The molecular weight excluding hydrogens is 234 g/mol. The second-order valence-electron chi connectivity index (χ2n) is 5.12. The fourth-order valence-corrected chi connectivity index (χ4v) is 2.45. The van der Waals surface area contributed by atoms with Crippen LogP contribution in [0.3, 0.4) is 0 Å². The zero-order chi connectivity index (χ0) is 14.0. The Morgan fingerprint density at radius 2 is 1.74 bits per heavy atom. The maximum absolute atomic E-state index is 10.7. The molecule has 0 saturated heterocycles. The third-order valence-corrected chi connectivity index (χ3v) is 3.79. The minimum atomic E-state index is -0.572. The van der Waals surface area contributed by atoms with Crippen molar-refractivity contribution in [2.24, 2.45) is 0 Å². The van der Waals surface area contributed by atoms with Gasteiger partial charge in [0.1, 0.15) is 6.10 Å². The molecule has 1 atom stereocenters. The highest BCUT2D eigenvalue weighted by Gasteiger charge is 2.16. The number of hydrogen-bond acceptors (Lipinski definition) is 2. The zero-order valence-corrected chi connectivity index (χ0v) is 12.1. The lowest BCUT2D eigenvalue weighted by molar-refractivity contribution is 0.218. The van der Waals surface area contributed by atoms with Crippen LogP contribution >= 0.6 is 0 Å². The number of hydrogen-bond donors (Lipinski definition) is 1. The third kappa shape index (κ3) is 2.69. The highest BCUT2D eigenvalue weighted by Crippen LogP contribution is 2.29. The van der Waals surface area contributed by atoms with Gasteiger partial charge in [0.25, 0.3) is 0 Å². The Bertz CT molecular complexity index is 590. The molecule has 0 bridgehead atoms. The number of aromatic nitrogens is 1. The van der Waals surface area contributed by atoms with Crippen LogP contribution in [0.2, 0.25) is 0 Å². The summed E-state index contributed by atoms with van der Waals surface area (Å²) in [6.45, 7) is 8.32. The number of aliphatic hydroxyl groups excluding tert-OH is 1. The van der Waals surface area contributed by atoms with E-state index < -0.39 is 6.10 Å². The molecule has 0 fully saturated rings. The molecule has 0 aliphatic carbocycles. The van der Waals surface area contributed by atoms with Crippen molar-refractivity contribution in [1.29, 1.82) is 0 Å². The summed E-state index contributed by atoms with van der Waals surface area (Å²) >= 11 is 0. The molecule has 0 saturated carbocycles. The Labute approximate surface area is 115 Å². The summed E-state index contributed by atoms with van der Waals surface area (Å²) in [5, 5.41) is 10.7. The van der Waals surface area contributed by atoms with E-state index in [2.05, 4.69) is 44.8 Å². The lowest BCUT2D eigenvalue weighted by Crippen LogP contribution is -2.06. The normalized spacial score (nSPS) is 12.5. The van der Waals surface area contributed by atoms with E-state index in [1.807, 2.05) is 12.3 Å². The molecule has 1 unspecified atom stereocenters. The van der Waals surface area contributed by atoms with E-state index in [0.717, 1.165) is 28.7 Å². The maximum Gasteiger partial charge on any atom is 0.105 e. The average molecular weight is 255 g/mol. The molecule has 100 valence electrons. The van der Waals surface area contributed by atoms with Crippen molar-refractivity contribution >= 4 is 0 Å². The summed E-state index contributed by atoms with van der Waals surface area (Å²) in [7, 11) is 0. The minimum absolute atomic E-state index is 0.572. The van der Waals surface area contributed by atoms with E-state index in [0.29, 0.717) is 0 Å². The van der Waals surface area contributed by atoms with E-state index >= 15 is 0 Å². The van der Waals surface area contributed by atoms with E-state index in [9.17, 15) is 5.11 Å². The smallest absolute Gasteiger partial charge is 0.105 e. The van der Waals surface area contributed by atoms with Gasteiger partial charge in [0, 0.05) is 12.4 Å². The van der Waals surface area contributed by atoms with Crippen molar-refractivity contribution in [1.82, 2.24) is 4.98 Å². The standard InChI is InChI=1S/C17H21NO/c1-5-14-10-18-7-6-15(14)17(19)16-9-12(3)11(2)8-13(16)4/h6-10,17,19H,5H2,1-4H3. The molecule has 1 N–H and O–H groups in total. The first-order valence-corrected chi connectivity index (χ1v) is 6.73. The van der Waals surface area contributed by atoms with Crippen molar-refractivity contribution in [3.8, 4) is 0 Å². The summed E-state index contributed by atoms with van der Waals surface area (Å²) in [6, 6.07) is 6.15. The van der Waals surface area contributed by atoms with Crippen LogP contribution < -0.4 is 0 Å². The molecule has 2 heteroatoms. The number of aliphatic hydroxyl groups is 1. The topological polar surface area (TPSA) is 33.1 Å². The molecule has 2 nitrogen and oxygen atoms in total. The van der Waals surface area contributed by atoms with Gasteiger partial charge in [-0.3, -0.25) is 4.98 Å². The molecule has 1 aromatic heterocycles. The van der Waals surface area contributed by atoms with Gasteiger partial charge in [-0.2, -0.15) is 0 Å². The number of rotatable bonds is 3. The van der Waals surface area contributed by atoms with Crippen LogP contribution in [0.15, 0.2) is 30.6 Å². The van der Waals surface area contributed by atoms with Gasteiger partial charge in [0.15, 0.2) is 0 Å². The lowest BCUT2D eigenvalue weighted by Gasteiger charge is -2.18. The molecule has 0 aliphatic heterocycles. The van der Waals surface area contributed by atoms with Gasteiger partial charge in [-0.15, -0.1) is 0 Å². The fraction of sp³-hybridized carbons (Fsp3) is 0.353. The number of aryl methyl sites for hydroxylation is 4. The second kappa shape index (κ2) is 5.54. The number of nitrogens with zero attached hydrogens (tertiary/aromatic N) is 1. The SMILES string of the molecule is CCc1cnccc1C(O)c1cc(C)c(C)cc1C. The van der Waals surface area contributed by atoms with Gasteiger partial charge in [-0.25, -0.2) is 0 Å². The Morgan fingerprint density at radius 1 is 1.05 bits per heavy atom. The molecule has 0 amide bonds. The van der Waals surface area contributed by atoms with E-state index in [4.69, 9.17) is 0 Å². The summed E-state index contributed by atoms with van der Waals surface area (Å²) < 4.78 is 0. The highest BCUT2D eigenvalue weighted by atomic mass is 16.3. The first-order valence-electron chi connectivity index (χ1n) is 6.73. The van der Waals surface area contributed by atoms with Crippen molar-refractivity contribution in [3.05, 3.63) is 64.0 Å². The Morgan fingerprint density at radius 3 is 2.42 bits per heavy atom. The molecule has 19 heavy (non-hydrogen) atoms. The van der Waals surface area contributed by atoms with Crippen LogP contribution in [0.1, 0.15) is 46.4 Å². The van der Waals surface area contributed by atoms with Crippen molar-refractivity contribution in [2.45, 2.75) is 40.2 Å². The van der Waals surface area contributed by atoms with Crippen LogP contribution in [-0.2, 0) is 6.42 Å². The van der Waals surface area contributed by atoms with E-state index in [1.165, 1.54) is 11.1 Å². The van der Waals surface area contributed by atoms with E-state index in [-0.39, 0.29) is 0 Å². The molecule has 0 spiro atoms. The highest BCUT2D eigenvalue weighted by molar-refractivity contribution is 5.42. The van der Waals surface area contributed by atoms with Gasteiger partial charge in [0.05, 0.1) is 0 Å². The molecule has 1 aromatic carbocycles. The zero-order valence-electron chi connectivity index (χ0n) is 12.1. The van der Waals surface area contributed by atoms with Crippen LogP contribution in [0.25, 0.3) is 0 Å². The summed E-state index contributed by atoms with van der Waals surface area (Å²) in [4.78, 5) is 4.14. The first-order chi connectivity index (χ1) is 9.04. The number of benzene rings is 1. The number of pyridine rings is 1. The van der Waals surface area contributed by atoms with Gasteiger partial charge >= 0.3 is 0 Å². The largest absolute Gasteiger partial charge is 0.384 e. The van der Waals surface area contributed by atoms with Crippen LogP contribution in [0.4, 0.5) is 0 Å². The average Bonchev–Trinajstić information content (AvgIpc) is 2.42. The Hall–Kier alpha value is -1.67. The van der Waals surface area contributed by atoms with Gasteiger partial charge in [-0.05, 0) is 66.6 Å². The van der Waals surface area contributed by atoms with Crippen molar-refractivity contribution in [2.75, 3.05) is 0 Å². The predicted molar refractivity (Wildman–Crippen MR) is 78.3 cm³/mol. The lowest BCUT2D eigenvalue weighted by atomic mass is 9.91. The quantitative estimate of drug-likeness (QED) is 0.908. The molecule has 2 rings (SSSR count). The van der Waals surface area contributed by atoms with Gasteiger partial charge in [0.2, 0.25) is 0 Å². The molecule has 2 aromatic rings. The van der Waals surface area contributed by atoms with Crippen LogP contribution in [0, 0.1) is 20.8 Å². The molecule has 1 heterocycles. The second-order valence-corrected chi connectivity index (χ2v) is 5.12. The monoisotopic (exact) mass is 255 g/mol. The first kappa shape index (κ1) is 13.8. The molecule has 0 aliphatic rings. The van der Waals surface area contributed by atoms with Crippen molar-refractivity contribution < 1.29 is 5.11 Å². The predicted octanol–water partition coefficient (Wildman–Crippen LogP) is 3.65. The van der Waals surface area contributed by atoms with E-state index in [1.54, 1.807) is 6.20 Å².